The molecule has 2 N–H and O–H groups in total. The second-order valence-corrected chi connectivity index (χ2v) is 6.11. The first-order chi connectivity index (χ1) is 11.3. The number of guanidine groups is 1. The molecule has 0 bridgehead atoms. The van der Waals surface area contributed by atoms with Crippen LogP contribution in [0.25, 0.3) is 0 Å². The number of nitrogens with zero attached hydrogens (tertiary/aromatic N) is 4. The average molecular weight is 439 g/mol. The van der Waals surface area contributed by atoms with Crippen LogP contribution in [0.15, 0.2) is 47.7 Å². The molecule has 24 heavy (non-hydrogen) atoms. The second kappa shape index (κ2) is 9.66. The summed E-state index contributed by atoms with van der Waals surface area (Å²) in [4.78, 5) is 6.76. The zero-order valence-electron chi connectivity index (χ0n) is 14.0. The lowest BCUT2D eigenvalue weighted by Crippen LogP contribution is -2.38. The molecular formula is C18H26IN5. The maximum absolute atomic E-state index is 6.14. The van der Waals surface area contributed by atoms with Crippen LogP contribution < -0.4 is 5.73 Å². The van der Waals surface area contributed by atoms with Crippen LogP contribution in [0, 0.1) is 0 Å². The van der Waals surface area contributed by atoms with Gasteiger partial charge in [-0.2, -0.15) is 5.10 Å². The van der Waals surface area contributed by atoms with Gasteiger partial charge in [-0.3, -0.25) is 4.68 Å². The molecule has 1 aromatic carbocycles. The molecule has 0 atom stereocenters. The van der Waals surface area contributed by atoms with E-state index in [4.69, 9.17) is 5.73 Å². The predicted octanol–water partition coefficient (Wildman–Crippen LogP) is 3.24. The molecule has 6 heteroatoms. The number of hydrogen-bond donors (Lipinski definition) is 1. The number of rotatable bonds is 4. The fourth-order valence-corrected chi connectivity index (χ4v) is 2.92. The summed E-state index contributed by atoms with van der Waals surface area (Å²) in [6.07, 6.45) is 8.96. The van der Waals surface area contributed by atoms with Gasteiger partial charge in [0.15, 0.2) is 5.96 Å². The van der Waals surface area contributed by atoms with Crippen molar-refractivity contribution in [1.29, 1.82) is 0 Å². The Hall–Kier alpha value is -1.57. The first-order valence-corrected chi connectivity index (χ1v) is 8.41. The Morgan fingerprint density at radius 1 is 1.04 bits per heavy atom. The summed E-state index contributed by atoms with van der Waals surface area (Å²) in [5.41, 5.74) is 8.49. The van der Waals surface area contributed by atoms with Crippen LogP contribution in [-0.4, -0.2) is 33.7 Å². The van der Waals surface area contributed by atoms with Crippen molar-refractivity contribution < 1.29 is 0 Å². The van der Waals surface area contributed by atoms with Gasteiger partial charge in [0.05, 0.1) is 19.3 Å². The third-order valence-electron chi connectivity index (χ3n) is 4.23. The summed E-state index contributed by atoms with van der Waals surface area (Å²) in [5, 5.41) is 4.41. The van der Waals surface area contributed by atoms with Gasteiger partial charge in [0, 0.05) is 24.8 Å². The third-order valence-corrected chi connectivity index (χ3v) is 4.23. The lowest BCUT2D eigenvalue weighted by Gasteiger charge is -2.20. The summed E-state index contributed by atoms with van der Waals surface area (Å²) in [7, 11) is 0. The van der Waals surface area contributed by atoms with Gasteiger partial charge in [-0.15, -0.1) is 24.0 Å². The topological polar surface area (TPSA) is 59.4 Å². The van der Waals surface area contributed by atoms with Gasteiger partial charge in [0.25, 0.3) is 0 Å². The molecule has 1 fully saturated rings. The highest BCUT2D eigenvalue weighted by Gasteiger charge is 2.10. The Bertz CT molecular complexity index is 630. The fraction of sp³-hybridized carbons (Fsp3) is 0.444. The lowest BCUT2D eigenvalue weighted by atomic mass is 10.2. The summed E-state index contributed by atoms with van der Waals surface area (Å²) < 4.78 is 1.95. The van der Waals surface area contributed by atoms with Gasteiger partial charge in [0.1, 0.15) is 0 Å². The normalized spacial score (nSPS) is 15.7. The largest absolute Gasteiger partial charge is 0.370 e. The van der Waals surface area contributed by atoms with Crippen LogP contribution in [0.3, 0.4) is 0 Å². The molecule has 3 rings (SSSR count). The van der Waals surface area contributed by atoms with Gasteiger partial charge in [-0.05, 0) is 18.4 Å². The Morgan fingerprint density at radius 2 is 1.75 bits per heavy atom. The van der Waals surface area contributed by atoms with Crippen LogP contribution in [0.5, 0.6) is 0 Å². The predicted molar refractivity (Wildman–Crippen MR) is 109 cm³/mol. The minimum atomic E-state index is 0. The van der Waals surface area contributed by atoms with Crippen molar-refractivity contribution in [1.82, 2.24) is 14.7 Å². The van der Waals surface area contributed by atoms with E-state index in [9.17, 15) is 0 Å². The Balaban J connectivity index is 0.00000208. The smallest absolute Gasteiger partial charge is 0.191 e. The highest BCUT2D eigenvalue weighted by molar-refractivity contribution is 14.0. The molecule has 2 aromatic rings. The summed E-state index contributed by atoms with van der Waals surface area (Å²) in [5.74, 6) is 0.669. The van der Waals surface area contributed by atoms with E-state index in [0.29, 0.717) is 12.5 Å². The van der Waals surface area contributed by atoms with E-state index < -0.39 is 0 Å². The molecule has 0 radical (unpaired) electrons. The van der Waals surface area contributed by atoms with E-state index in [0.717, 1.165) is 25.2 Å². The SMILES string of the molecule is I.NC(=NCc1cnn(Cc2ccccc2)c1)N1CCCCCC1. The molecule has 0 amide bonds. The molecule has 5 nitrogen and oxygen atoms in total. The number of benzene rings is 1. The van der Waals surface area contributed by atoms with Crippen molar-refractivity contribution in [3.05, 3.63) is 53.9 Å². The van der Waals surface area contributed by atoms with Gasteiger partial charge in [-0.1, -0.05) is 43.2 Å². The van der Waals surface area contributed by atoms with E-state index in [1.165, 1.54) is 31.2 Å². The van der Waals surface area contributed by atoms with Crippen molar-refractivity contribution in [2.24, 2.45) is 10.7 Å². The summed E-state index contributed by atoms with van der Waals surface area (Å²) in [6, 6.07) is 10.3. The van der Waals surface area contributed by atoms with Gasteiger partial charge in [-0.25, -0.2) is 4.99 Å². The molecular weight excluding hydrogens is 413 g/mol. The lowest BCUT2D eigenvalue weighted by molar-refractivity contribution is 0.428. The maximum Gasteiger partial charge on any atom is 0.191 e. The highest BCUT2D eigenvalue weighted by Crippen LogP contribution is 2.10. The van der Waals surface area contributed by atoms with Crippen LogP contribution in [0.1, 0.15) is 36.8 Å². The molecule has 1 aromatic heterocycles. The first kappa shape index (κ1) is 18.8. The number of nitrogens with two attached hydrogens (primary N) is 1. The van der Waals surface area contributed by atoms with E-state index in [2.05, 4.69) is 27.1 Å². The number of halogens is 1. The standard InChI is InChI=1S/C18H25N5.HI/c19-18(22-10-6-1-2-7-11-22)20-12-17-13-21-23(15-17)14-16-8-4-3-5-9-16;/h3-5,8-9,13,15H,1-2,6-7,10-12,14H2,(H2,19,20);1H. The van der Waals surface area contributed by atoms with Crippen molar-refractivity contribution in [2.45, 2.75) is 38.8 Å². The molecule has 1 aliphatic rings. The molecule has 1 aliphatic heterocycles. The quantitative estimate of drug-likeness (QED) is 0.452. The number of aliphatic imine (C=N–C) groups is 1. The summed E-state index contributed by atoms with van der Waals surface area (Å²) >= 11 is 0. The minimum Gasteiger partial charge on any atom is -0.370 e. The van der Waals surface area contributed by atoms with Crippen molar-refractivity contribution in [3.63, 3.8) is 0 Å². The molecule has 1 saturated heterocycles. The van der Waals surface area contributed by atoms with E-state index in [1.807, 2.05) is 35.3 Å². The van der Waals surface area contributed by atoms with E-state index >= 15 is 0 Å². The number of aromatic nitrogens is 2. The maximum atomic E-state index is 6.14. The molecule has 0 unspecified atom stereocenters. The third kappa shape index (κ3) is 5.51. The molecule has 0 aliphatic carbocycles. The monoisotopic (exact) mass is 439 g/mol. The van der Waals surface area contributed by atoms with Gasteiger partial charge in [0.2, 0.25) is 0 Å². The Kier molecular flexibility index (Phi) is 7.55. The highest BCUT2D eigenvalue weighted by atomic mass is 127. The molecule has 0 spiro atoms. The fourth-order valence-electron chi connectivity index (χ4n) is 2.92. The van der Waals surface area contributed by atoms with Crippen LogP contribution in [-0.2, 0) is 13.1 Å². The molecule has 2 heterocycles. The van der Waals surface area contributed by atoms with Crippen LogP contribution in [0.2, 0.25) is 0 Å². The first-order valence-electron chi connectivity index (χ1n) is 8.41. The zero-order valence-corrected chi connectivity index (χ0v) is 16.3. The van der Waals surface area contributed by atoms with E-state index in [-0.39, 0.29) is 24.0 Å². The average Bonchev–Trinajstić information content (AvgIpc) is 2.84. The van der Waals surface area contributed by atoms with Gasteiger partial charge >= 0.3 is 0 Å². The minimum absolute atomic E-state index is 0. The Labute approximate surface area is 161 Å². The zero-order chi connectivity index (χ0) is 15.9. The van der Waals surface area contributed by atoms with Crippen molar-refractivity contribution >= 4 is 29.9 Å². The van der Waals surface area contributed by atoms with E-state index in [1.54, 1.807) is 0 Å². The summed E-state index contributed by atoms with van der Waals surface area (Å²) in [6.45, 7) is 3.44. The Morgan fingerprint density at radius 3 is 2.46 bits per heavy atom. The van der Waals surface area contributed by atoms with Gasteiger partial charge < -0.3 is 10.6 Å². The molecule has 0 saturated carbocycles. The van der Waals surface area contributed by atoms with Crippen LogP contribution in [0.4, 0.5) is 0 Å². The second-order valence-electron chi connectivity index (χ2n) is 6.11. The molecule has 130 valence electrons. The number of hydrogen-bond acceptors (Lipinski definition) is 2. The van der Waals surface area contributed by atoms with Crippen molar-refractivity contribution in [2.75, 3.05) is 13.1 Å². The number of likely N-dealkylation sites (tertiary alicyclic amines) is 1. The van der Waals surface area contributed by atoms with Crippen LogP contribution >= 0.6 is 24.0 Å². The van der Waals surface area contributed by atoms with Crippen molar-refractivity contribution in [3.8, 4) is 0 Å².